The number of phosphoric ester groups is 1. The highest BCUT2D eigenvalue weighted by Gasteiger charge is 2.59. The molecule has 12 nitrogen and oxygen atoms in total. The minimum Gasteiger partial charge on any atom is -0.466 e. The van der Waals surface area contributed by atoms with Crippen molar-refractivity contribution in [2.24, 2.45) is 5.73 Å². The Morgan fingerprint density at radius 3 is 2.87 bits per heavy atom. The molecule has 31 heavy (non-hydrogen) atoms. The third-order valence-electron chi connectivity index (χ3n) is 5.07. The lowest BCUT2D eigenvalue weighted by Crippen LogP contribution is -2.55. The van der Waals surface area contributed by atoms with E-state index in [1.165, 1.54) is 12.3 Å². The van der Waals surface area contributed by atoms with Gasteiger partial charge in [0.15, 0.2) is 6.23 Å². The Morgan fingerprint density at radius 1 is 1.39 bits per heavy atom. The number of H-pyrrole nitrogens is 1. The first-order valence-electron chi connectivity index (χ1n) is 10.2. The van der Waals surface area contributed by atoms with Crippen molar-refractivity contribution in [3.05, 3.63) is 33.1 Å². The standard InChI is InChI=1S/C18H28N3O9P/c1-3-4-9-26-14(23)6-5-10-27-31(25)28-11-12-15(30-31)18(2,19)16(29-12)21-8-7-13(22)20-17(21)24/h7-8,12,15-16H,3-6,9-11,19H2,1-2H3,(H,20,22,24)/t12-,15-,16-,18-,31+/m1/s1. The first-order valence-corrected chi connectivity index (χ1v) is 11.6. The first kappa shape index (κ1) is 23.8. The molecule has 3 heterocycles. The predicted octanol–water partition coefficient (Wildman–Crippen LogP) is 0.815. The van der Waals surface area contributed by atoms with E-state index in [2.05, 4.69) is 4.98 Å². The van der Waals surface area contributed by atoms with E-state index in [1.54, 1.807) is 6.92 Å². The number of carbonyl (C=O) groups excluding carboxylic acids is 1. The van der Waals surface area contributed by atoms with E-state index in [4.69, 9.17) is 28.8 Å². The van der Waals surface area contributed by atoms with E-state index in [-0.39, 0.29) is 32.0 Å². The number of unbranched alkanes of at least 4 members (excludes halogenated alkanes) is 1. The molecule has 2 saturated heterocycles. The fourth-order valence-corrected chi connectivity index (χ4v) is 4.93. The molecule has 0 amide bonds. The number of hydrogen-bond acceptors (Lipinski definition) is 10. The molecule has 1 aromatic heterocycles. The van der Waals surface area contributed by atoms with Crippen molar-refractivity contribution in [3.8, 4) is 0 Å². The minimum atomic E-state index is -3.94. The third kappa shape index (κ3) is 5.51. The molecule has 0 aliphatic carbocycles. The zero-order valence-corrected chi connectivity index (χ0v) is 18.4. The summed E-state index contributed by atoms with van der Waals surface area (Å²) in [6.07, 6.45) is 0.816. The van der Waals surface area contributed by atoms with Crippen LogP contribution in [0.2, 0.25) is 0 Å². The number of phosphoric acid groups is 1. The highest BCUT2D eigenvalue weighted by molar-refractivity contribution is 7.48. The van der Waals surface area contributed by atoms with Gasteiger partial charge in [0.05, 0.1) is 25.4 Å². The van der Waals surface area contributed by atoms with Gasteiger partial charge in [0.2, 0.25) is 0 Å². The van der Waals surface area contributed by atoms with E-state index in [0.29, 0.717) is 6.61 Å². The van der Waals surface area contributed by atoms with Gasteiger partial charge in [-0.1, -0.05) is 13.3 Å². The highest BCUT2D eigenvalue weighted by Crippen LogP contribution is 2.58. The molecule has 0 aromatic carbocycles. The molecule has 0 unspecified atom stereocenters. The van der Waals surface area contributed by atoms with Gasteiger partial charge in [-0.25, -0.2) is 9.36 Å². The Kier molecular flexibility index (Phi) is 7.51. The summed E-state index contributed by atoms with van der Waals surface area (Å²) in [5.41, 5.74) is 3.87. The SMILES string of the molecule is CCCCOC(=O)CCCO[P@@]1(=O)OC[C@H]2O[C@@H](n3ccc(=O)[nH]c3=O)[C@](C)(N)[C@@H]2O1. The lowest BCUT2D eigenvalue weighted by atomic mass is 9.93. The smallest absolute Gasteiger partial charge is 0.466 e. The Morgan fingerprint density at radius 2 is 2.16 bits per heavy atom. The van der Waals surface area contributed by atoms with Crippen molar-refractivity contribution in [1.29, 1.82) is 0 Å². The average Bonchev–Trinajstić information content (AvgIpc) is 2.96. The molecule has 0 bridgehead atoms. The van der Waals surface area contributed by atoms with Crippen molar-refractivity contribution < 1.29 is 32.4 Å². The molecular formula is C18H28N3O9P. The van der Waals surface area contributed by atoms with Crippen LogP contribution < -0.4 is 17.0 Å². The van der Waals surface area contributed by atoms with Crippen LogP contribution in [0.1, 0.15) is 45.8 Å². The second kappa shape index (κ2) is 9.76. The fourth-order valence-electron chi connectivity index (χ4n) is 3.41. The van der Waals surface area contributed by atoms with Crippen LogP contribution in [0.25, 0.3) is 0 Å². The summed E-state index contributed by atoms with van der Waals surface area (Å²) < 4.78 is 41.0. The Bertz CT molecular complexity index is 944. The quantitative estimate of drug-likeness (QED) is 0.306. The summed E-state index contributed by atoms with van der Waals surface area (Å²) >= 11 is 0. The van der Waals surface area contributed by atoms with E-state index in [0.717, 1.165) is 17.4 Å². The zero-order chi connectivity index (χ0) is 22.6. The number of carbonyl (C=O) groups is 1. The monoisotopic (exact) mass is 461 g/mol. The molecule has 5 atom stereocenters. The van der Waals surface area contributed by atoms with E-state index in [1.807, 2.05) is 6.92 Å². The van der Waals surface area contributed by atoms with Gasteiger partial charge < -0.3 is 15.2 Å². The second-order valence-corrected chi connectivity index (χ2v) is 9.31. The number of fused-ring (bicyclic) bond motifs is 1. The Balaban J connectivity index is 1.58. The molecule has 0 radical (unpaired) electrons. The molecule has 174 valence electrons. The van der Waals surface area contributed by atoms with Crippen molar-refractivity contribution in [3.63, 3.8) is 0 Å². The molecule has 2 aliphatic rings. The summed E-state index contributed by atoms with van der Waals surface area (Å²) in [4.78, 5) is 37.2. The van der Waals surface area contributed by atoms with Gasteiger partial charge in [0.25, 0.3) is 5.56 Å². The van der Waals surface area contributed by atoms with Gasteiger partial charge in [-0.3, -0.25) is 32.7 Å². The van der Waals surface area contributed by atoms with Gasteiger partial charge in [-0.2, -0.15) is 0 Å². The van der Waals surface area contributed by atoms with Crippen molar-refractivity contribution in [1.82, 2.24) is 9.55 Å². The van der Waals surface area contributed by atoms with Crippen LogP contribution in [0.15, 0.2) is 21.9 Å². The lowest BCUT2D eigenvalue weighted by molar-refractivity contribution is -0.144. The number of ether oxygens (including phenoxy) is 2. The molecule has 13 heteroatoms. The van der Waals surface area contributed by atoms with Crippen molar-refractivity contribution in [2.45, 2.75) is 63.5 Å². The van der Waals surface area contributed by atoms with Gasteiger partial charge in [0, 0.05) is 18.7 Å². The Labute approximate surface area is 178 Å². The molecule has 3 N–H and O–H groups in total. The van der Waals surface area contributed by atoms with Gasteiger partial charge in [-0.15, -0.1) is 0 Å². The minimum absolute atomic E-state index is 0.0392. The molecule has 1 aromatic rings. The average molecular weight is 461 g/mol. The summed E-state index contributed by atoms with van der Waals surface area (Å²) in [7, 11) is -3.94. The number of aromatic nitrogens is 2. The summed E-state index contributed by atoms with van der Waals surface area (Å²) in [5.74, 6) is -0.353. The molecule has 2 aliphatic heterocycles. The highest BCUT2D eigenvalue weighted by atomic mass is 31.2. The van der Waals surface area contributed by atoms with Crippen LogP contribution in [-0.4, -0.2) is 53.1 Å². The number of aromatic amines is 1. The van der Waals surface area contributed by atoms with E-state index in [9.17, 15) is 18.9 Å². The first-order chi connectivity index (χ1) is 14.7. The molecule has 0 saturated carbocycles. The van der Waals surface area contributed by atoms with E-state index < -0.39 is 43.0 Å². The summed E-state index contributed by atoms with van der Waals surface area (Å²) in [6, 6.07) is 1.17. The molecule has 0 spiro atoms. The third-order valence-corrected chi connectivity index (χ3v) is 6.51. The molecular weight excluding hydrogens is 433 g/mol. The number of rotatable bonds is 9. The Hall–Kier alpha value is -1.82. The predicted molar refractivity (Wildman–Crippen MR) is 107 cm³/mol. The van der Waals surface area contributed by atoms with Crippen LogP contribution in [0.4, 0.5) is 0 Å². The number of hydrogen-bond donors (Lipinski definition) is 2. The zero-order valence-electron chi connectivity index (χ0n) is 17.5. The lowest BCUT2D eigenvalue weighted by Gasteiger charge is -2.35. The fraction of sp³-hybridized carbons (Fsp3) is 0.722. The number of nitrogens with zero attached hydrogens (tertiary/aromatic N) is 1. The molecule has 2 fully saturated rings. The van der Waals surface area contributed by atoms with Crippen molar-refractivity contribution in [2.75, 3.05) is 19.8 Å². The summed E-state index contributed by atoms with van der Waals surface area (Å²) in [6.45, 7) is 3.79. The maximum atomic E-state index is 12.9. The van der Waals surface area contributed by atoms with Crippen LogP contribution >= 0.6 is 7.82 Å². The van der Waals surface area contributed by atoms with Crippen LogP contribution in [0.5, 0.6) is 0 Å². The van der Waals surface area contributed by atoms with Gasteiger partial charge >= 0.3 is 19.5 Å². The van der Waals surface area contributed by atoms with Gasteiger partial charge in [-0.05, 0) is 19.8 Å². The molecule has 3 rings (SSSR count). The van der Waals surface area contributed by atoms with Gasteiger partial charge in [0.1, 0.15) is 12.2 Å². The van der Waals surface area contributed by atoms with Crippen LogP contribution in [0, 0.1) is 0 Å². The van der Waals surface area contributed by atoms with Crippen molar-refractivity contribution >= 4 is 13.8 Å². The number of nitrogens with two attached hydrogens (primary N) is 1. The number of esters is 1. The van der Waals surface area contributed by atoms with Crippen LogP contribution in [0.3, 0.4) is 0 Å². The normalized spacial score (nSPS) is 32.5. The summed E-state index contributed by atoms with van der Waals surface area (Å²) in [5, 5.41) is 0. The maximum Gasteiger partial charge on any atom is 0.475 e. The number of nitrogens with one attached hydrogen (secondary N) is 1. The van der Waals surface area contributed by atoms with E-state index >= 15 is 0 Å². The van der Waals surface area contributed by atoms with Crippen LogP contribution in [-0.2, 0) is 32.4 Å². The topological polar surface area (TPSA) is 161 Å². The second-order valence-electron chi connectivity index (χ2n) is 7.69. The largest absolute Gasteiger partial charge is 0.475 e. The maximum absolute atomic E-state index is 12.9.